The Bertz CT molecular complexity index is 37.4. The topological polar surface area (TPSA) is 9.23 Å². The van der Waals surface area contributed by atoms with Crippen molar-refractivity contribution in [3.05, 3.63) is 0 Å². The van der Waals surface area contributed by atoms with E-state index in [0.717, 1.165) is 19.2 Å². The van der Waals surface area contributed by atoms with Gasteiger partial charge in [-0.2, -0.15) is 0 Å². The third kappa shape index (κ3) is 7.12. The molecule has 3 heteroatoms. The molecule has 0 N–H and O–H groups in total. The summed E-state index contributed by atoms with van der Waals surface area (Å²) in [4.78, 5) is 0. The minimum atomic E-state index is 0.917. The van der Waals surface area contributed by atoms with Crippen molar-refractivity contribution >= 4 is 28.3 Å². The Morgan fingerprint density at radius 2 is 2.38 bits per heavy atom. The molecule has 0 saturated carbocycles. The van der Waals surface area contributed by atoms with Crippen molar-refractivity contribution in [2.24, 2.45) is 0 Å². The van der Waals surface area contributed by atoms with Gasteiger partial charge in [0, 0.05) is 6.61 Å². The molecule has 8 heavy (non-hydrogen) atoms. The second-order valence-electron chi connectivity index (χ2n) is 1.54. The molecule has 0 aliphatic carbocycles. The number of rotatable bonds is 5. The smallest absolute Gasteiger partial charge is 0.0724 e. The van der Waals surface area contributed by atoms with Crippen molar-refractivity contribution in [2.75, 3.05) is 13.0 Å². The first-order chi connectivity index (χ1) is 3.91. The molecule has 0 rings (SSSR count). The number of unbranched alkanes of at least 4 members (excludes halogenated alkanes) is 1. The van der Waals surface area contributed by atoms with Crippen LogP contribution in [0.2, 0.25) is 0 Å². The molecule has 0 aromatic carbocycles. The van der Waals surface area contributed by atoms with Gasteiger partial charge in [0.25, 0.3) is 0 Å². The van der Waals surface area contributed by atoms with Gasteiger partial charge in [0.15, 0.2) is 0 Å². The van der Waals surface area contributed by atoms with Crippen LogP contribution < -0.4 is 0 Å². The highest BCUT2D eigenvalue weighted by molar-refractivity contribution is 14.2. The zero-order valence-electron chi connectivity index (χ0n) is 5.11. The van der Waals surface area contributed by atoms with E-state index >= 15 is 0 Å². The summed E-state index contributed by atoms with van der Waals surface area (Å²) in [6.07, 6.45) is 4.31. The predicted octanol–water partition coefficient (Wildman–Crippen LogP) is 2.79. The third-order valence-corrected chi connectivity index (χ3v) is 2.05. The standard InChI is InChI=1S/C5H12IOP/c1-2-3-4-7-5-8-6/h8H,2-5H2,1H3. The monoisotopic (exact) mass is 246 g/mol. The van der Waals surface area contributed by atoms with Crippen LogP contribution in [0.5, 0.6) is 0 Å². The van der Waals surface area contributed by atoms with Crippen molar-refractivity contribution in [3.8, 4) is 0 Å². The summed E-state index contributed by atoms with van der Waals surface area (Å²) in [7, 11) is 0. The fourth-order valence-electron chi connectivity index (χ4n) is 0.357. The van der Waals surface area contributed by atoms with E-state index in [1.807, 2.05) is 0 Å². The Labute approximate surface area is 65.8 Å². The van der Waals surface area contributed by atoms with Gasteiger partial charge in [-0.3, -0.25) is 0 Å². The summed E-state index contributed by atoms with van der Waals surface area (Å²) in [6, 6.07) is 0. The molecule has 1 nitrogen and oxygen atoms in total. The first kappa shape index (κ1) is 9.12. The molecule has 0 aromatic rings. The van der Waals surface area contributed by atoms with Crippen molar-refractivity contribution < 1.29 is 4.74 Å². The van der Waals surface area contributed by atoms with Gasteiger partial charge >= 0.3 is 0 Å². The molecule has 1 atom stereocenters. The fraction of sp³-hybridized carbons (Fsp3) is 1.00. The molecule has 0 fully saturated rings. The van der Waals surface area contributed by atoms with E-state index in [2.05, 4.69) is 29.0 Å². The molecule has 1 unspecified atom stereocenters. The Kier molecular flexibility index (Phi) is 9.26. The third-order valence-electron chi connectivity index (χ3n) is 0.799. The van der Waals surface area contributed by atoms with Crippen molar-refractivity contribution in [2.45, 2.75) is 19.8 Å². The maximum Gasteiger partial charge on any atom is 0.0724 e. The minimum absolute atomic E-state index is 0.917. The summed E-state index contributed by atoms with van der Waals surface area (Å²) < 4.78 is 5.23. The Hall–Kier alpha value is 1.12. The molecule has 0 aromatic heterocycles. The average Bonchev–Trinajstić information content (AvgIpc) is 1.81. The molecule has 0 aliphatic heterocycles. The summed E-state index contributed by atoms with van der Waals surface area (Å²) in [5, 5.41) is 0. The lowest BCUT2D eigenvalue weighted by atomic mass is 10.4. The molecule has 0 aliphatic rings. The average molecular weight is 246 g/mol. The highest BCUT2D eigenvalue weighted by Gasteiger charge is 1.82. The summed E-state index contributed by atoms with van der Waals surface area (Å²) in [6.45, 7) is 3.13. The van der Waals surface area contributed by atoms with Crippen molar-refractivity contribution in [1.82, 2.24) is 0 Å². The van der Waals surface area contributed by atoms with Gasteiger partial charge in [-0.15, -0.1) is 0 Å². The lowest BCUT2D eigenvalue weighted by molar-refractivity contribution is 0.178. The first-order valence-corrected chi connectivity index (χ1v) is 7.15. The van der Waals surface area contributed by atoms with Crippen molar-refractivity contribution in [3.63, 3.8) is 0 Å². The van der Waals surface area contributed by atoms with Crippen LogP contribution in [0.15, 0.2) is 0 Å². The first-order valence-electron chi connectivity index (χ1n) is 2.83. The number of halogens is 1. The minimum Gasteiger partial charge on any atom is -0.376 e. The van der Waals surface area contributed by atoms with Gasteiger partial charge in [-0.25, -0.2) is 0 Å². The molecule has 0 heterocycles. The Balaban J connectivity index is 2.53. The molecule has 0 saturated heterocycles. The van der Waals surface area contributed by atoms with Gasteiger partial charge in [-0.1, -0.05) is 35.4 Å². The quantitative estimate of drug-likeness (QED) is 0.411. The molecule has 0 amide bonds. The van der Waals surface area contributed by atoms with E-state index < -0.39 is 0 Å². The van der Waals surface area contributed by atoms with E-state index in [1.54, 1.807) is 0 Å². The van der Waals surface area contributed by atoms with E-state index in [0.29, 0.717) is 0 Å². The van der Waals surface area contributed by atoms with Crippen molar-refractivity contribution in [1.29, 1.82) is 0 Å². The van der Waals surface area contributed by atoms with E-state index in [9.17, 15) is 0 Å². The highest BCUT2D eigenvalue weighted by Crippen LogP contribution is 2.19. The van der Waals surface area contributed by atoms with Gasteiger partial charge in [-0.05, 0) is 12.6 Å². The van der Waals surface area contributed by atoms with Crippen LogP contribution in [0.4, 0.5) is 0 Å². The van der Waals surface area contributed by atoms with Crippen LogP contribution >= 0.6 is 28.3 Å². The van der Waals surface area contributed by atoms with Gasteiger partial charge in [0.1, 0.15) is 0 Å². The zero-order chi connectivity index (χ0) is 6.24. The van der Waals surface area contributed by atoms with Crippen LogP contribution in [-0.2, 0) is 4.74 Å². The highest BCUT2D eigenvalue weighted by atomic mass is 127. The van der Waals surface area contributed by atoms with Crippen LogP contribution in [-0.4, -0.2) is 13.0 Å². The van der Waals surface area contributed by atoms with Gasteiger partial charge in [0.2, 0.25) is 0 Å². The summed E-state index contributed by atoms with van der Waals surface area (Å²) in [5.41, 5.74) is 0. The fourth-order valence-corrected chi connectivity index (χ4v) is 1.24. The SMILES string of the molecule is CCCCOCPI. The Morgan fingerprint density at radius 3 is 2.88 bits per heavy atom. The lowest BCUT2D eigenvalue weighted by Gasteiger charge is -1.97. The largest absolute Gasteiger partial charge is 0.376 e. The molecule has 0 spiro atoms. The van der Waals surface area contributed by atoms with E-state index in [4.69, 9.17) is 4.74 Å². The maximum absolute atomic E-state index is 5.23. The lowest BCUT2D eigenvalue weighted by Crippen LogP contribution is -1.89. The van der Waals surface area contributed by atoms with Gasteiger partial charge < -0.3 is 4.74 Å². The maximum atomic E-state index is 5.23. The number of hydrogen-bond acceptors (Lipinski definition) is 1. The Morgan fingerprint density at radius 1 is 1.62 bits per heavy atom. The number of hydrogen-bond donors (Lipinski definition) is 0. The summed E-state index contributed by atoms with van der Waals surface area (Å²) >= 11 is 2.34. The van der Waals surface area contributed by atoms with E-state index in [1.165, 1.54) is 12.8 Å². The molecular formula is C5H12IOP. The van der Waals surface area contributed by atoms with Crippen LogP contribution in [0.25, 0.3) is 0 Å². The molecule has 0 bridgehead atoms. The van der Waals surface area contributed by atoms with E-state index in [-0.39, 0.29) is 0 Å². The number of ether oxygens (including phenoxy) is 1. The van der Waals surface area contributed by atoms with Crippen LogP contribution in [0.1, 0.15) is 19.8 Å². The normalized spacial score (nSPS) is 11.2. The predicted molar refractivity (Wildman–Crippen MR) is 48.1 cm³/mol. The van der Waals surface area contributed by atoms with Gasteiger partial charge in [0.05, 0.1) is 6.35 Å². The second-order valence-corrected chi connectivity index (χ2v) is 4.38. The molecular weight excluding hydrogens is 234 g/mol. The summed E-state index contributed by atoms with van der Waals surface area (Å²) in [5.74, 6) is 0. The second kappa shape index (κ2) is 8.12. The molecule has 50 valence electrons. The zero-order valence-corrected chi connectivity index (χ0v) is 8.27. The molecule has 0 radical (unpaired) electrons. The van der Waals surface area contributed by atoms with Crippen LogP contribution in [0.3, 0.4) is 0 Å². The van der Waals surface area contributed by atoms with Crippen LogP contribution in [0, 0.1) is 0 Å².